The predicted molar refractivity (Wildman–Crippen MR) is 87.9 cm³/mol. The number of hydrogen-bond donors (Lipinski definition) is 0. The Balaban J connectivity index is 2.74. The minimum atomic E-state index is -0.933. The van der Waals surface area contributed by atoms with Crippen LogP contribution in [0.1, 0.15) is 59.8 Å². The van der Waals surface area contributed by atoms with Gasteiger partial charge in [-0.15, -0.1) is 0 Å². The summed E-state index contributed by atoms with van der Waals surface area (Å²) in [7, 11) is 0. The largest absolute Gasteiger partial charge is 0.456 e. The van der Waals surface area contributed by atoms with E-state index in [-0.39, 0.29) is 11.5 Å². The van der Waals surface area contributed by atoms with Gasteiger partial charge in [-0.2, -0.15) is 0 Å². The van der Waals surface area contributed by atoms with Crippen LogP contribution in [0.3, 0.4) is 0 Å². The molecule has 0 saturated heterocycles. The molecule has 132 valence electrons. The van der Waals surface area contributed by atoms with Crippen LogP contribution in [-0.2, 0) is 23.8 Å². The maximum Gasteiger partial charge on any atom is 0.347 e. The van der Waals surface area contributed by atoms with Gasteiger partial charge in [-0.05, 0) is 46.5 Å². The second kappa shape index (κ2) is 9.06. The summed E-state index contributed by atoms with van der Waals surface area (Å²) in [5.74, 6) is -0.963. The van der Waals surface area contributed by atoms with Gasteiger partial charge in [0.2, 0.25) is 0 Å². The molecular formula is C18H30O5. The average Bonchev–Trinajstić information content (AvgIpc) is 2.52. The molecule has 1 rings (SSSR count). The Hall–Kier alpha value is -1.36. The van der Waals surface area contributed by atoms with Crippen molar-refractivity contribution in [1.29, 1.82) is 0 Å². The molecule has 1 aliphatic rings. The number of carbonyl (C=O) groups excluding carboxylic acids is 2. The third kappa shape index (κ3) is 5.65. The highest BCUT2D eigenvalue weighted by atomic mass is 16.6. The summed E-state index contributed by atoms with van der Waals surface area (Å²) in [5, 5.41) is 0. The summed E-state index contributed by atoms with van der Waals surface area (Å²) < 4.78 is 16.5. The molecule has 0 amide bonds. The Morgan fingerprint density at radius 2 is 1.78 bits per heavy atom. The maximum absolute atomic E-state index is 12.4. The highest BCUT2D eigenvalue weighted by Gasteiger charge is 2.42. The van der Waals surface area contributed by atoms with Gasteiger partial charge >= 0.3 is 11.9 Å². The van der Waals surface area contributed by atoms with Crippen molar-refractivity contribution in [2.45, 2.75) is 71.5 Å². The molecule has 1 saturated carbocycles. The van der Waals surface area contributed by atoms with E-state index in [0.717, 1.165) is 32.1 Å². The molecule has 0 aromatic rings. The molecular weight excluding hydrogens is 296 g/mol. The van der Waals surface area contributed by atoms with Crippen molar-refractivity contribution in [3.05, 3.63) is 12.2 Å². The van der Waals surface area contributed by atoms with Gasteiger partial charge in [0.15, 0.2) is 6.10 Å². The van der Waals surface area contributed by atoms with E-state index in [4.69, 9.17) is 14.2 Å². The fourth-order valence-electron chi connectivity index (χ4n) is 2.88. The minimum Gasteiger partial charge on any atom is -0.456 e. The Morgan fingerprint density at radius 1 is 1.17 bits per heavy atom. The van der Waals surface area contributed by atoms with Crippen molar-refractivity contribution in [3.63, 3.8) is 0 Å². The van der Waals surface area contributed by atoms with E-state index in [2.05, 4.69) is 13.5 Å². The van der Waals surface area contributed by atoms with E-state index in [1.165, 1.54) is 6.92 Å². The zero-order chi connectivity index (χ0) is 17.5. The van der Waals surface area contributed by atoms with Gasteiger partial charge in [-0.1, -0.05) is 19.9 Å². The van der Waals surface area contributed by atoms with Crippen LogP contribution in [0, 0.1) is 5.92 Å². The van der Waals surface area contributed by atoms with Gasteiger partial charge < -0.3 is 14.2 Å². The van der Waals surface area contributed by atoms with Crippen molar-refractivity contribution >= 4 is 11.9 Å². The van der Waals surface area contributed by atoms with Gasteiger partial charge in [0.05, 0.1) is 6.61 Å². The summed E-state index contributed by atoms with van der Waals surface area (Å²) in [6.07, 6.45) is 3.94. The third-order valence-electron chi connectivity index (χ3n) is 4.44. The lowest BCUT2D eigenvalue weighted by molar-refractivity contribution is -0.187. The second-order valence-electron chi connectivity index (χ2n) is 6.43. The van der Waals surface area contributed by atoms with Crippen LogP contribution in [0.5, 0.6) is 0 Å². The summed E-state index contributed by atoms with van der Waals surface area (Å²) in [4.78, 5) is 23.9. The summed E-state index contributed by atoms with van der Waals surface area (Å²) in [5.41, 5.74) is -0.254. The number of ether oxygens (including phenoxy) is 3. The number of carbonyl (C=O) groups is 2. The Bertz CT molecular complexity index is 423. The molecule has 1 fully saturated rings. The first kappa shape index (κ1) is 19.7. The summed E-state index contributed by atoms with van der Waals surface area (Å²) in [6, 6.07) is 0. The molecule has 2 unspecified atom stereocenters. The average molecular weight is 326 g/mol. The molecule has 0 aliphatic heterocycles. The molecule has 1 aliphatic carbocycles. The summed E-state index contributed by atoms with van der Waals surface area (Å²) in [6.45, 7) is 11.8. The molecule has 0 N–H and O–H groups in total. The minimum absolute atomic E-state index is 0.107. The third-order valence-corrected chi connectivity index (χ3v) is 4.44. The van der Waals surface area contributed by atoms with E-state index in [1.807, 2.05) is 6.92 Å². The van der Waals surface area contributed by atoms with Gasteiger partial charge in [-0.3, -0.25) is 0 Å². The Labute approximate surface area is 139 Å². The molecule has 0 bridgehead atoms. The molecule has 5 heteroatoms. The van der Waals surface area contributed by atoms with E-state index in [0.29, 0.717) is 13.2 Å². The van der Waals surface area contributed by atoms with Crippen molar-refractivity contribution in [2.75, 3.05) is 13.2 Å². The Morgan fingerprint density at radius 3 is 2.30 bits per heavy atom. The van der Waals surface area contributed by atoms with Crippen LogP contribution >= 0.6 is 0 Å². The quantitative estimate of drug-likeness (QED) is 0.505. The molecule has 0 radical (unpaired) electrons. The topological polar surface area (TPSA) is 61.8 Å². The molecule has 0 aromatic heterocycles. The normalized spacial score (nSPS) is 19.5. The monoisotopic (exact) mass is 326 g/mol. The van der Waals surface area contributed by atoms with Crippen LogP contribution in [0.2, 0.25) is 0 Å². The number of esters is 2. The highest BCUT2D eigenvalue weighted by molar-refractivity contribution is 5.89. The molecule has 0 heterocycles. The number of hydrogen-bond acceptors (Lipinski definition) is 5. The van der Waals surface area contributed by atoms with E-state index in [9.17, 15) is 9.59 Å². The predicted octanol–water partition coefficient (Wildman–Crippen LogP) is 3.41. The van der Waals surface area contributed by atoms with Gasteiger partial charge in [0.1, 0.15) is 5.60 Å². The molecule has 0 spiro atoms. The van der Waals surface area contributed by atoms with Gasteiger partial charge in [-0.25, -0.2) is 9.59 Å². The van der Waals surface area contributed by atoms with E-state index >= 15 is 0 Å². The van der Waals surface area contributed by atoms with E-state index in [1.54, 1.807) is 6.92 Å². The van der Waals surface area contributed by atoms with Gasteiger partial charge in [0, 0.05) is 18.1 Å². The maximum atomic E-state index is 12.4. The fourth-order valence-corrected chi connectivity index (χ4v) is 2.88. The lowest BCUT2D eigenvalue weighted by Gasteiger charge is -2.41. The van der Waals surface area contributed by atoms with Gasteiger partial charge in [0.25, 0.3) is 0 Å². The fraction of sp³-hybridized carbons (Fsp3) is 0.778. The van der Waals surface area contributed by atoms with E-state index < -0.39 is 23.6 Å². The van der Waals surface area contributed by atoms with Crippen molar-refractivity contribution in [1.82, 2.24) is 0 Å². The van der Waals surface area contributed by atoms with Crippen LogP contribution in [0.15, 0.2) is 12.2 Å². The summed E-state index contributed by atoms with van der Waals surface area (Å²) >= 11 is 0. The molecule has 2 atom stereocenters. The van der Waals surface area contributed by atoms with Crippen molar-refractivity contribution in [2.24, 2.45) is 5.92 Å². The SMILES string of the molecule is C=C(C)C(=O)OC(C)C(=O)OC1(C(C)COCC)CCCCC1. The van der Waals surface area contributed by atoms with Crippen LogP contribution in [0.25, 0.3) is 0 Å². The molecule has 0 aromatic carbocycles. The lowest BCUT2D eigenvalue weighted by Crippen LogP contribution is -2.47. The standard InChI is InChI=1S/C18H30O5/c1-6-21-12-14(4)18(10-8-7-9-11-18)23-17(20)15(5)22-16(19)13(2)3/h14-15H,2,6-12H2,1,3-5H3. The lowest BCUT2D eigenvalue weighted by atomic mass is 9.76. The first-order valence-electron chi connectivity index (χ1n) is 8.49. The number of rotatable bonds is 8. The van der Waals surface area contributed by atoms with Crippen LogP contribution in [-0.4, -0.2) is 36.9 Å². The molecule has 5 nitrogen and oxygen atoms in total. The van der Waals surface area contributed by atoms with Crippen LogP contribution in [0.4, 0.5) is 0 Å². The zero-order valence-electron chi connectivity index (χ0n) is 14.9. The molecule has 23 heavy (non-hydrogen) atoms. The second-order valence-corrected chi connectivity index (χ2v) is 6.43. The van der Waals surface area contributed by atoms with Crippen molar-refractivity contribution in [3.8, 4) is 0 Å². The van der Waals surface area contributed by atoms with Crippen molar-refractivity contribution < 1.29 is 23.8 Å². The van der Waals surface area contributed by atoms with Crippen LogP contribution < -0.4 is 0 Å². The highest BCUT2D eigenvalue weighted by Crippen LogP contribution is 2.38. The Kier molecular flexibility index (Phi) is 7.76. The smallest absolute Gasteiger partial charge is 0.347 e. The first-order valence-corrected chi connectivity index (χ1v) is 8.49. The zero-order valence-corrected chi connectivity index (χ0v) is 14.9. The first-order chi connectivity index (χ1) is 10.8.